The van der Waals surface area contributed by atoms with Gasteiger partial charge in [-0.05, 0) is 17.7 Å². The van der Waals surface area contributed by atoms with Crippen LogP contribution in [0.2, 0.25) is 5.02 Å². The van der Waals surface area contributed by atoms with E-state index >= 15 is 0 Å². The van der Waals surface area contributed by atoms with Gasteiger partial charge in [0.15, 0.2) is 5.96 Å². The summed E-state index contributed by atoms with van der Waals surface area (Å²) in [5.41, 5.74) is 6.42. The van der Waals surface area contributed by atoms with Crippen molar-refractivity contribution in [1.82, 2.24) is 5.32 Å². The number of hydrogen-bond acceptors (Lipinski definition) is 3. The maximum absolute atomic E-state index is 11.2. The lowest BCUT2D eigenvalue weighted by Crippen LogP contribution is -2.41. The Morgan fingerprint density at radius 1 is 1.40 bits per heavy atom. The third kappa shape index (κ3) is 2.27. The summed E-state index contributed by atoms with van der Waals surface area (Å²) in [6.45, 7) is 0. The van der Waals surface area contributed by atoms with E-state index in [-0.39, 0.29) is 17.9 Å². The lowest BCUT2D eigenvalue weighted by Gasteiger charge is -2.18. The Labute approximate surface area is 92.1 Å². The molecule has 1 aromatic rings. The average molecular weight is 224 g/mol. The van der Waals surface area contributed by atoms with E-state index in [9.17, 15) is 4.79 Å². The standard InChI is InChI=1S/C10H10ClN3O/c11-7-3-1-6(2-4-7)8-5-9(15)14-10(12)13-8/h1-4,8H,5H2,(H3,12,13,14,15). The van der Waals surface area contributed by atoms with Crippen LogP contribution in [-0.2, 0) is 4.79 Å². The van der Waals surface area contributed by atoms with Gasteiger partial charge in [-0.1, -0.05) is 23.7 Å². The molecular formula is C10H10ClN3O. The van der Waals surface area contributed by atoms with Gasteiger partial charge in [0, 0.05) is 5.02 Å². The molecule has 3 N–H and O–H groups in total. The van der Waals surface area contributed by atoms with E-state index in [4.69, 9.17) is 17.3 Å². The zero-order chi connectivity index (χ0) is 10.8. The first-order chi connectivity index (χ1) is 7.15. The molecule has 4 nitrogen and oxygen atoms in total. The summed E-state index contributed by atoms with van der Waals surface area (Å²) in [4.78, 5) is 15.4. The van der Waals surface area contributed by atoms with Crippen LogP contribution in [0.25, 0.3) is 0 Å². The highest BCUT2D eigenvalue weighted by Crippen LogP contribution is 2.24. The van der Waals surface area contributed by atoms with Crippen molar-refractivity contribution in [2.24, 2.45) is 10.7 Å². The smallest absolute Gasteiger partial charge is 0.229 e. The number of carbonyl (C=O) groups excluding carboxylic acids is 1. The predicted molar refractivity (Wildman–Crippen MR) is 58.6 cm³/mol. The number of amides is 1. The molecular weight excluding hydrogens is 214 g/mol. The molecule has 0 radical (unpaired) electrons. The zero-order valence-corrected chi connectivity index (χ0v) is 8.66. The Hall–Kier alpha value is -1.55. The molecule has 0 aliphatic carbocycles. The largest absolute Gasteiger partial charge is 0.370 e. The van der Waals surface area contributed by atoms with E-state index in [0.29, 0.717) is 11.4 Å². The summed E-state index contributed by atoms with van der Waals surface area (Å²) >= 11 is 5.77. The van der Waals surface area contributed by atoms with Gasteiger partial charge in [-0.15, -0.1) is 0 Å². The molecule has 0 saturated carbocycles. The predicted octanol–water partition coefficient (Wildman–Crippen LogP) is 1.22. The third-order valence-corrected chi connectivity index (χ3v) is 2.45. The van der Waals surface area contributed by atoms with E-state index < -0.39 is 0 Å². The van der Waals surface area contributed by atoms with Gasteiger partial charge in [-0.25, -0.2) is 4.99 Å². The second kappa shape index (κ2) is 3.90. The number of aliphatic imine (C=N–C) groups is 1. The molecule has 1 amide bonds. The van der Waals surface area contributed by atoms with Crippen LogP contribution in [-0.4, -0.2) is 11.9 Å². The molecule has 0 saturated heterocycles. The topological polar surface area (TPSA) is 67.5 Å². The number of carbonyl (C=O) groups is 1. The van der Waals surface area contributed by atoms with Gasteiger partial charge in [0.1, 0.15) is 0 Å². The van der Waals surface area contributed by atoms with Crippen molar-refractivity contribution in [2.75, 3.05) is 0 Å². The molecule has 0 bridgehead atoms. The number of benzene rings is 1. The maximum atomic E-state index is 11.2. The second-order valence-electron chi connectivity index (χ2n) is 3.33. The average Bonchev–Trinajstić information content (AvgIpc) is 2.17. The van der Waals surface area contributed by atoms with E-state index in [1.165, 1.54) is 0 Å². The van der Waals surface area contributed by atoms with Crippen LogP contribution in [0.15, 0.2) is 29.3 Å². The minimum atomic E-state index is -0.198. The summed E-state index contributed by atoms with van der Waals surface area (Å²) < 4.78 is 0. The first-order valence-electron chi connectivity index (χ1n) is 4.54. The maximum Gasteiger partial charge on any atom is 0.229 e. The van der Waals surface area contributed by atoms with E-state index in [1.807, 2.05) is 12.1 Å². The number of nitrogens with one attached hydrogen (secondary N) is 1. The highest BCUT2D eigenvalue weighted by atomic mass is 35.5. The highest BCUT2D eigenvalue weighted by Gasteiger charge is 2.20. The van der Waals surface area contributed by atoms with Crippen molar-refractivity contribution < 1.29 is 4.79 Å². The number of guanidine groups is 1. The fraction of sp³-hybridized carbons (Fsp3) is 0.200. The minimum absolute atomic E-state index is 0.109. The van der Waals surface area contributed by atoms with Crippen LogP contribution in [0.1, 0.15) is 18.0 Å². The highest BCUT2D eigenvalue weighted by molar-refractivity contribution is 6.30. The molecule has 1 aliphatic rings. The molecule has 78 valence electrons. The summed E-state index contributed by atoms with van der Waals surface area (Å²) in [7, 11) is 0. The van der Waals surface area contributed by atoms with Crippen LogP contribution >= 0.6 is 11.6 Å². The molecule has 1 unspecified atom stereocenters. The van der Waals surface area contributed by atoms with Crippen LogP contribution in [0, 0.1) is 0 Å². The SMILES string of the molecule is NC1=NC(c2ccc(Cl)cc2)CC(=O)N1. The van der Waals surface area contributed by atoms with Gasteiger partial charge in [0.2, 0.25) is 5.91 Å². The van der Waals surface area contributed by atoms with Gasteiger partial charge in [0.25, 0.3) is 0 Å². The van der Waals surface area contributed by atoms with E-state index in [0.717, 1.165) is 5.56 Å². The number of nitrogens with zero attached hydrogens (tertiary/aromatic N) is 1. The Bertz CT molecular complexity index is 413. The van der Waals surface area contributed by atoms with Gasteiger partial charge in [-0.2, -0.15) is 0 Å². The number of halogens is 1. The van der Waals surface area contributed by atoms with Crippen molar-refractivity contribution in [1.29, 1.82) is 0 Å². The van der Waals surface area contributed by atoms with E-state index in [2.05, 4.69) is 10.3 Å². The first kappa shape index (κ1) is 9.98. The zero-order valence-electron chi connectivity index (χ0n) is 7.90. The molecule has 15 heavy (non-hydrogen) atoms. The van der Waals surface area contributed by atoms with E-state index in [1.54, 1.807) is 12.1 Å². The van der Waals surface area contributed by atoms with Crippen molar-refractivity contribution in [2.45, 2.75) is 12.5 Å². The molecule has 5 heteroatoms. The van der Waals surface area contributed by atoms with Crippen LogP contribution in [0.3, 0.4) is 0 Å². The third-order valence-electron chi connectivity index (χ3n) is 2.20. The second-order valence-corrected chi connectivity index (χ2v) is 3.77. The molecule has 0 spiro atoms. The monoisotopic (exact) mass is 223 g/mol. The lowest BCUT2D eigenvalue weighted by atomic mass is 10.0. The fourth-order valence-electron chi connectivity index (χ4n) is 1.49. The number of rotatable bonds is 1. The van der Waals surface area contributed by atoms with Crippen molar-refractivity contribution in [3.8, 4) is 0 Å². The number of nitrogens with two attached hydrogens (primary N) is 1. The van der Waals surface area contributed by atoms with Crippen LogP contribution < -0.4 is 11.1 Å². The summed E-state index contributed by atoms with van der Waals surface area (Å²) in [6, 6.07) is 7.05. The molecule has 0 fully saturated rings. The Morgan fingerprint density at radius 3 is 2.67 bits per heavy atom. The molecule has 1 atom stereocenters. The molecule has 1 aliphatic heterocycles. The summed E-state index contributed by atoms with van der Waals surface area (Å²) in [6.07, 6.45) is 0.322. The fourth-order valence-corrected chi connectivity index (χ4v) is 1.62. The normalized spacial score (nSPS) is 20.7. The van der Waals surface area contributed by atoms with Crippen molar-refractivity contribution in [3.05, 3.63) is 34.9 Å². The molecule has 1 aromatic carbocycles. The first-order valence-corrected chi connectivity index (χ1v) is 4.91. The quantitative estimate of drug-likeness (QED) is 0.752. The van der Waals surface area contributed by atoms with Crippen molar-refractivity contribution >= 4 is 23.5 Å². The van der Waals surface area contributed by atoms with Crippen molar-refractivity contribution in [3.63, 3.8) is 0 Å². The Morgan fingerprint density at radius 2 is 2.07 bits per heavy atom. The molecule has 2 rings (SSSR count). The van der Waals surface area contributed by atoms with Gasteiger partial charge < -0.3 is 5.73 Å². The summed E-state index contributed by atoms with van der Waals surface area (Å²) in [5, 5.41) is 3.12. The van der Waals surface area contributed by atoms with Gasteiger partial charge >= 0.3 is 0 Å². The molecule has 0 aromatic heterocycles. The summed E-state index contributed by atoms with van der Waals surface area (Å²) in [5.74, 6) is 0.0636. The van der Waals surface area contributed by atoms with Gasteiger partial charge in [-0.3, -0.25) is 10.1 Å². The number of hydrogen-bond donors (Lipinski definition) is 2. The van der Waals surface area contributed by atoms with Crippen LogP contribution in [0.5, 0.6) is 0 Å². The Kier molecular flexibility index (Phi) is 2.60. The Balaban J connectivity index is 2.27. The van der Waals surface area contributed by atoms with Crippen LogP contribution in [0.4, 0.5) is 0 Å². The molecule has 1 heterocycles. The minimum Gasteiger partial charge on any atom is -0.370 e. The lowest BCUT2D eigenvalue weighted by molar-refractivity contribution is -0.120. The van der Waals surface area contributed by atoms with Gasteiger partial charge in [0.05, 0.1) is 12.5 Å².